The lowest BCUT2D eigenvalue weighted by Crippen LogP contribution is -2.33. The highest BCUT2D eigenvalue weighted by Crippen LogP contribution is 2.17. The summed E-state index contributed by atoms with van der Waals surface area (Å²) in [6.07, 6.45) is 0. The molecule has 0 aromatic heterocycles. The van der Waals surface area contributed by atoms with Gasteiger partial charge in [0, 0.05) is 17.6 Å². The normalized spacial score (nSPS) is 13.5. The van der Waals surface area contributed by atoms with Crippen molar-refractivity contribution in [3.8, 4) is 0 Å². The SMILES string of the molecule is CCNCCS(=O)(=O)NC(C)c1cccc(Cl)c1. The first-order valence-electron chi connectivity index (χ1n) is 5.91. The molecular weight excluding hydrogens is 272 g/mol. The van der Waals surface area contributed by atoms with Gasteiger partial charge in [0.05, 0.1) is 5.75 Å². The van der Waals surface area contributed by atoms with Crippen molar-refractivity contribution in [2.24, 2.45) is 0 Å². The molecule has 18 heavy (non-hydrogen) atoms. The molecule has 0 radical (unpaired) electrons. The predicted octanol–water partition coefficient (Wildman–Crippen LogP) is 1.93. The highest BCUT2D eigenvalue weighted by molar-refractivity contribution is 7.89. The van der Waals surface area contributed by atoms with Crippen molar-refractivity contribution in [1.82, 2.24) is 10.0 Å². The van der Waals surface area contributed by atoms with Crippen molar-refractivity contribution in [2.45, 2.75) is 19.9 Å². The van der Waals surface area contributed by atoms with Crippen LogP contribution in [0.15, 0.2) is 24.3 Å². The van der Waals surface area contributed by atoms with E-state index in [4.69, 9.17) is 11.6 Å². The summed E-state index contributed by atoms with van der Waals surface area (Å²) in [6, 6.07) is 6.90. The average molecular weight is 291 g/mol. The van der Waals surface area contributed by atoms with Gasteiger partial charge in [-0.1, -0.05) is 30.7 Å². The van der Waals surface area contributed by atoms with Crippen molar-refractivity contribution in [3.05, 3.63) is 34.9 Å². The maximum atomic E-state index is 11.8. The first-order valence-corrected chi connectivity index (χ1v) is 7.94. The molecule has 0 fully saturated rings. The van der Waals surface area contributed by atoms with E-state index in [-0.39, 0.29) is 11.8 Å². The molecule has 1 rings (SSSR count). The fourth-order valence-corrected chi connectivity index (χ4v) is 2.96. The summed E-state index contributed by atoms with van der Waals surface area (Å²) in [5, 5.41) is 3.59. The molecule has 0 saturated heterocycles. The van der Waals surface area contributed by atoms with E-state index in [1.807, 2.05) is 13.0 Å². The van der Waals surface area contributed by atoms with Gasteiger partial charge in [-0.15, -0.1) is 0 Å². The van der Waals surface area contributed by atoms with Crippen LogP contribution in [0.5, 0.6) is 0 Å². The summed E-state index contributed by atoms with van der Waals surface area (Å²) >= 11 is 5.88. The summed E-state index contributed by atoms with van der Waals surface area (Å²) in [7, 11) is -3.27. The topological polar surface area (TPSA) is 58.2 Å². The van der Waals surface area contributed by atoms with Crippen LogP contribution in [0.2, 0.25) is 5.02 Å². The van der Waals surface area contributed by atoms with Crippen LogP contribution in [0.3, 0.4) is 0 Å². The van der Waals surface area contributed by atoms with Gasteiger partial charge in [0.15, 0.2) is 0 Å². The van der Waals surface area contributed by atoms with Crippen LogP contribution in [-0.4, -0.2) is 27.3 Å². The van der Waals surface area contributed by atoms with Gasteiger partial charge in [-0.2, -0.15) is 0 Å². The molecule has 0 spiro atoms. The minimum absolute atomic E-state index is 0.0751. The Bertz CT molecular complexity index is 477. The Morgan fingerprint density at radius 2 is 2.11 bits per heavy atom. The number of hydrogen-bond acceptors (Lipinski definition) is 3. The van der Waals surface area contributed by atoms with Crippen molar-refractivity contribution in [2.75, 3.05) is 18.8 Å². The van der Waals surface area contributed by atoms with E-state index in [0.717, 1.165) is 12.1 Å². The molecule has 1 aromatic rings. The molecular formula is C12H19ClN2O2S. The van der Waals surface area contributed by atoms with Crippen LogP contribution in [-0.2, 0) is 10.0 Å². The van der Waals surface area contributed by atoms with Crippen molar-refractivity contribution >= 4 is 21.6 Å². The third kappa shape index (κ3) is 5.35. The maximum Gasteiger partial charge on any atom is 0.213 e. The average Bonchev–Trinajstić information content (AvgIpc) is 2.28. The fourth-order valence-electron chi connectivity index (χ4n) is 1.56. The zero-order valence-corrected chi connectivity index (χ0v) is 12.2. The summed E-state index contributed by atoms with van der Waals surface area (Å²) in [4.78, 5) is 0. The van der Waals surface area contributed by atoms with Gasteiger partial charge in [0.25, 0.3) is 0 Å². The van der Waals surface area contributed by atoms with Gasteiger partial charge < -0.3 is 5.32 Å². The van der Waals surface area contributed by atoms with Gasteiger partial charge in [-0.3, -0.25) is 0 Å². The van der Waals surface area contributed by atoms with E-state index >= 15 is 0 Å². The Morgan fingerprint density at radius 1 is 1.39 bits per heavy atom. The zero-order valence-electron chi connectivity index (χ0n) is 10.6. The highest BCUT2D eigenvalue weighted by Gasteiger charge is 2.15. The quantitative estimate of drug-likeness (QED) is 0.755. The molecule has 6 heteroatoms. The van der Waals surface area contributed by atoms with Gasteiger partial charge in [0.2, 0.25) is 10.0 Å². The number of rotatable bonds is 7. The number of hydrogen-bond donors (Lipinski definition) is 2. The Kier molecular flexibility index (Phi) is 6.08. The second-order valence-corrected chi connectivity index (χ2v) is 6.38. The third-order valence-electron chi connectivity index (χ3n) is 2.50. The van der Waals surface area contributed by atoms with Gasteiger partial charge in [0.1, 0.15) is 0 Å². The van der Waals surface area contributed by atoms with Crippen molar-refractivity contribution in [3.63, 3.8) is 0 Å². The molecule has 0 aliphatic rings. The molecule has 0 aliphatic carbocycles. The zero-order chi connectivity index (χ0) is 13.6. The van der Waals surface area contributed by atoms with Crippen LogP contribution in [0.4, 0.5) is 0 Å². The van der Waals surface area contributed by atoms with E-state index in [1.54, 1.807) is 25.1 Å². The van der Waals surface area contributed by atoms with Crippen LogP contribution in [0.25, 0.3) is 0 Å². The van der Waals surface area contributed by atoms with E-state index in [1.165, 1.54) is 0 Å². The first-order chi connectivity index (χ1) is 8.44. The fraction of sp³-hybridized carbons (Fsp3) is 0.500. The number of halogens is 1. The second-order valence-electron chi connectivity index (χ2n) is 4.07. The van der Waals surface area contributed by atoms with Gasteiger partial charge >= 0.3 is 0 Å². The van der Waals surface area contributed by atoms with Crippen LogP contribution >= 0.6 is 11.6 Å². The summed E-state index contributed by atoms with van der Waals surface area (Å²) in [5.41, 5.74) is 0.856. The minimum Gasteiger partial charge on any atom is -0.316 e. The lowest BCUT2D eigenvalue weighted by molar-refractivity contribution is 0.563. The molecule has 0 saturated carbocycles. The Balaban J connectivity index is 2.61. The first kappa shape index (κ1) is 15.4. The maximum absolute atomic E-state index is 11.8. The summed E-state index contributed by atoms with van der Waals surface area (Å²) in [5.74, 6) is 0.0751. The molecule has 0 amide bonds. The van der Waals surface area contributed by atoms with Crippen LogP contribution in [0.1, 0.15) is 25.5 Å². The van der Waals surface area contributed by atoms with Crippen LogP contribution < -0.4 is 10.0 Å². The molecule has 2 N–H and O–H groups in total. The predicted molar refractivity (Wildman–Crippen MR) is 75.3 cm³/mol. The van der Waals surface area contributed by atoms with Gasteiger partial charge in [-0.05, 0) is 31.2 Å². The summed E-state index contributed by atoms with van der Waals surface area (Å²) < 4.78 is 26.2. The number of sulfonamides is 1. The second kappa shape index (κ2) is 7.09. The van der Waals surface area contributed by atoms with Crippen LogP contribution in [0, 0.1) is 0 Å². The molecule has 0 heterocycles. The van der Waals surface area contributed by atoms with Crippen molar-refractivity contribution in [1.29, 1.82) is 0 Å². The molecule has 1 unspecified atom stereocenters. The largest absolute Gasteiger partial charge is 0.316 e. The van der Waals surface area contributed by atoms with Crippen molar-refractivity contribution < 1.29 is 8.42 Å². The standard InChI is InChI=1S/C12H19ClN2O2S/c1-3-14-7-8-18(16,17)15-10(2)11-5-4-6-12(13)9-11/h4-6,9-10,14-15H,3,7-8H2,1-2H3. The smallest absolute Gasteiger partial charge is 0.213 e. The number of nitrogens with one attached hydrogen (secondary N) is 2. The van der Waals surface area contributed by atoms with E-state index in [2.05, 4.69) is 10.0 Å². The van der Waals surface area contributed by atoms with E-state index in [9.17, 15) is 8.42 Å². The molecule has 4 nitrogen and oxygen atoms in total. The highest BCUT2D eigenvalue weighted by atomic mass is 35.5. The van der Waals surface area contributed by atoms with E-state index < -0.39 is 10.0 Å². The molecule has 1 aromatic carbocycles. The monoisotopic (exact) mass is 290 g/mol. The molecule has 0 aliphatic heterocycles. The Morgan fingerprint density at radius 3 is 2.72 bits per heavy atom. The Labute approximate surface area is 114 Å². The number of benzene rings is 1. The lowest BCUT2D eigenvalue weighted by Gasteiger charge is -2.15. The van der Waals surface area contributed by atoms with E-state index in [0.29, 0.717) is 11.6 Å². The summed E-state index contributed by atoms with van der Waals surface area (Å²) in [6.45, 7) is 4.96. The molecule has 102 valence electrons. The molecule has 1 atom stereocenters. The lowest BCUT2D eigenvalue weighted by atomic mass is 10.1. The minimum atomic E-state index is -3.27. The third-order valence-corrected chi connectivity index (χ3v) is 4.19. The Hall–Kier alpha value is -0.620. The molecule has 0 bridgehead atoms. The van der Waals surface area contributed by atoms with Gasteiger partial charge in [-0.25, -0.2) is 13.1 Å².